The Balaban J connectivity index is 2.41. The molecule has 4 heteroatoms. The van der Waals surface area contributed by atoms with E-state index in [-0.39, 0.29) is 0 Å². The maximum Gasteiger partial charge on any atom is 0.328 e. The molecule has 114 valence electrons. The van der Waals surface area contributed by atoms with Gasteiger partial charge in [0, 0.05) is 28.8 Å². The molecule has 3 atom stereocenters. The molecule has 1 aliphatic heterocycles. The molecule has 0 aromatic heterocycles. The molecule has 3 nitrogen and oxygen atoms in total. The first-order valence-electron chi connectivity index (χ1n) is 7.35. The van der Waals surface area contributed by atoms with Crippen LogP contribution < -0.4 is 4.90 Å². The van der Waals surface area contributed by atoms with Gasteiger partial charge in [-0.1, -0.05) is 35.8 Å². The summed E-state index contributed by atoms with van der Waals surface area (Å²) in [7, 11) is 0. The van der Waals surface area contributed by atoms with Crippen molar-refractivity contribution in [2.75, 3.05) is 11.4 Å². The Kier molecular flexibility index (Phi) is 5.09. The van der Waals surface area contributed by atoms with Crippen LogP contribution in [0.15, 0.2) is 28.7 Å². The van der Waals surface area contributed by atoms with E-state index < -0.39 is 5.97 Å². The molecule has 0 spiro atoms. The minimum Gasteiger partial charge on any atom is -0.478 e. The summed E-state index contributed by atoms with van der Waals surface area (Å²) in [6, 6.07) is 6.46. The standard InChI is InChI=1S/C17H22BrNO2/c1-11-8-12(2)13(3)19(10-11)16-9-15(18)6-4-14(16)5-7-17(20)21/h4-7,9,11-13H,8,10H2,1-3H3,(H,20,21)/b7-5+. The molecule has 1 aromatic rings. The van der Waals surface area contributed by atoms with Crippen LogP contribution in [-0.4, -0.2) is 23.7 Å². The summed E-state index contributed by atoms with van der Waals surface area (Å²) in [4.78, 5) is 13.2. The number of aliphatic carboxylic acids is 1. The van der Waals surface area contributed by atoms with Gasteiger partial charge in [-0.05, 0) is 49.0 Å². The minimum atomic E-state index is -0.919. The van der Waals surface area contributed by atoms with Gasteiger partial charge >= 0.3 is 5.97 Å². The van der Waals surface area contributed by atoms with Crippen LogP contribution in [0.5, 0.6) is 0 Å². The lowest BCUT2D eigenvalue weighted by molar-refractivity contribution is -0.131. The summed E-state index contributed by atoms with van der Waals surface area (Å²) in [5.41, 5.74) is 2.06. The number of benzene rings is 1. The van der Waals surface area contributed by atoms with Crippen molar-refractivity contribution in [3.63, 3.8) is 0 Å². The second-order valence-electron chi connectivity index (χ2n) is 6.09. The predicted octanol–water partition coefficient (Wildman–Crippen LogP) is 4.42. The molecule has 3 unspecified atom stereocenters. The van der Waals surface area contributed by atoms with Crippen molar-refractivity contribution in [3.05, 3.63) is 34.3 Å². The molecule has 0 saturated carbocycles. The summed E-state index contributed by atoms with van der Waals surface area (Å²) in [6.07, 6.45) is 4.13. The van der Waals surface area contributed by atoms with E-state index >= 15 is 0 Å². The molecule has 1 saturated heterocycles. The average Bonchev–Trinajstić information content (AvgIpc) is 2.41. The van der Waals surface area contributed by atoms with E-state index in [1.54, 1.807) is 6.08 Å². The molecule has 0 aliphatic carbocycles. The number of nitrogens with zero attached hydrogens (tertiary/aromatic N) is 1. The molecule has 0 radical (unpaired) electrons. The van der Waals surface area contributed by atoms with E-state index in [2.05, 4.69) is 47.7 Å². The smallest absolute Gasteiger partial charge is 0.328 e. The SMILES string of the molecule is CC1CC(C)C(C)N(c2cc(Br)ccc2/C=C/C(=O)O)C1. The topological polar surface area (TPSA) is 40.5 Å². The van der Waals surface area contributed by atoms with Gasteiger partial charge in [0.25, 0.3) is 0 Å². The number of carbonyl (C=O) groups is 1. The molecule has 21 heavy (non-hydrogen) atoms. The molecule has 1 N–H and O–H groups in total. The fraction of sp³-hybridized carbons (Fsp3) is 0.471. The predicted molar refractivity (Wildman–Crippen MR) is 90.6 cm³/mol. The summed E-state index contributed by atoms with van der Waals surface area (Å²) < 4.78 is 1.02. The van der Waals surface area contributed by atoms with Gasteiger partial charge in [0.2, 0.25) is 0 Å². The molecule has 2 rings (SSSR count). The van der Waals surface area contributed by atoms with Crippen molar-refractivity contribution >= 4 is 33.7 Å². The van der Waals surface area contributed by atoms with Crippen molar-refractivity contribution in [1.82, 2.24) is 0 Å². The van der Waals surface area contributed by atoms with Crippen molar-refractivity contribution in [2.45, 2.75) is 33.2 Å². The second kappa shape index (κ2) is 6.65. The number of hydrogen-bond donors (Lipinski definition) is 1. The van der Waals surface area contributed by atoms with Crippen LogP contribution in [0, 0.1) is 11.8 Å². The monoisotopic (exact) mass is 351 g/mol. The van der Waals surface area contributed by atoms with Crippen molar-refractivity contribution in [1.29, 1.82) is 0 Å². The lowest BCUT2D eigenvalue weighted by atomic mass is 9.85. The van der Waals surface area contributed by atoms with Gasteiger partial charge < -0.3 is 10.0 Å². The van der Waals surface area contributed by atoms with Crippen LogP contribution in [0.4, 0.5) is 5.69 Å². The van der Waals surface area contributed by atoms with Crippen LogP contribution in [0.25, 0.3) is 6.08 Å². The summed E-state index contributed by atoms with van der Waals surface area (Å²) in [5.74, 6) is 0.354. The van der Waals surface area contributed by atoms with E-state index in [9.17, 15) is 4.79 Å². The Bertz CT molecular complexity index is 556. The number of rotatable bonds is 3. The van der Waals surface area contributed by atoms with Gasteiger partial charge in [0.1, 0.15) is 0 Å². The Morgan fingerprint density at radius 3 is 2.76 bits per heavy atom. The number of anilines is 1. The van der Waals surface area contributed by atoms with Gasteiger partial charge in [-0.15, -0.1) is 0 Å². The van der Waals surface area contributed by atoms with Gasteiger partial charge in [0.05, 0.1) is 0 Å². The maximum atomic E-state index is 10.8. The molecule has 0 amide bonds. The highest BCUT2D eigenvalue weighted by molar-refractivity contribution is 9.10. The first-order valence-corrected chi connectivity index (χ1v) is 8.15. The number of carboxylic acid groups (broad SMARTS) is 1. The van der Waals surface area contributed by atoms with E-state index in [1.165, 1.54) is 12.5 Å². The van der Waals surface area contributed by atoms with E-state index in [0.717, 1.165) is 22.3 Å². The Labute approximate surface area is 134 Å². The second-order valence-corrected chi connectivity index (χ2v) is 7.00. The van der Waals surface area contributed by atoms with Crippen LogP contribution in [0.1, 0.15) is 32.8 Å². The average molecular weight is 352 g/mol. The third-order valence-electron chi connectivity index (χ3n) is 4.31. The number of carboxylic acids is 1. The number of halogens is 1. The summed E-state index contributed by atoms with van der Waals surface area (Å²) in [6.45, 7) is 7.83. The lowest BCUT2D eigenvalue weighted by Gasteiger charge is -2.43. The Morgan fingerprint density at radius 2 is 2.10 bits per heavy atom. The van der Waals surface area contributed by atoms with Crippen LogP contribution >= 0.6 is 15.9 Å². The summed E-state index contributed by atoms with van der Waals surface area (Å²) >= 11 is 3.53. The Hall–Kier alpha value is -1.29. The fourth-order valence-corrected chi connectivity index (χ4v) is 3.45. The van der Waals surface area contributed by atoms with Crippen molar-refractivity contribution in [2.24, 2.45) is 11.8 Å². The quantitative estimate of drug-likeness (QED) is 0.819. The van der Waals surface area contributed by atoms with Crippen molar-refractivity contribution < 1.29 is 9.90 Å². The summed E-state index contributed by atoms with van der Waals surface area (Å²) in [5, 5.41) is 8.86. The zero-order chi connectivity index (χ0) is 15.6. The molecular formula is C17H22BrNO2. The molecule has 1 fully saturated rings. The molecular weight excluding hydrogens is 330 g/mol. The van der Waals surface area contributed by atoms with E-state index in [4.69, 9.17) is 5.11 Å². The van der Waals surface area contributed by atoms with Crippen LogP contribution in [0.2, 0.25) is 0 Å². The zero-order valence-electron chi connectivity index (χ0n) is 12.7. The highest BCUT2D eigenvalue weighted by Gasteiger charge is 2.29. The van der Waals surface area contributed by atoms with E-state index in [0.29, 0.717) is 17.9 Å². The molecule has 1 aromatic carbocycles. The molecule has 1 aliphatic rings. The largest absolute Gasteiger partial charge is 0.478 e. The van der Waals surface area contributed by atoms with Gasteiger partial charge in [-0.3, -0.25) is 0 Å². The van der Waals surface area contributed by atoms with Crippen LogP contribution in [0.3, 0.4) is 0 Å². The highest BCUT2D eigenvalue weighted by atomic mass is 79.9. The van der Waals surface area contributed by atoms with Gasteiger partial charge in [-0.2, -0.15) is 0 Å². The zero-order valence-corrected chi connectivity index (χ0v) is 14.3. The third-order valence-corrected chi connectivity index (χ3v) is 4.80. The maximum absolute atomic E-state index is 10.8. The van der Waals surface area contributed by atoms with Crippen molar-refractivity contribution in [3.8, 4) is 0 Å². The molecule has 1 heterocycles. The normalized spacial score (nSPS) is 26.3. The highest BCUT2D eigenvalue weighted by Crippen LogP contribution is 2.35. The molecule has 0 bridgehead atoms. The minimum absolute atomic E-state index is 0.451. The first kappa shape index (κ1) is 16.1. The third kappa shape index (κ3) is 3.88. The van der Waals surface area contributed by atoms with Gasteiger partial charge in [-0.25, -0.2) is 4.79 Å². The first-order chi connectivity index (χ1) is 9.88. The number of hydrogen-bond acceptors (Lipinski definition) is 2. The number of piperidine rings is 1. The van der Waals surface area contributed by atoms with E-state index in [1.807, 2.05) is 12.1 Å². The fourth-order valence-electron chi connectivity index (χ4n) is 3.10. The Morgan fingerprint density at radius 1 is 1.38 bits per heavy atom. The lowest BCUT2D eigenvalue weighted by Crippen LogP contribution is -2.46. The van der Waals surface area contributed by atoms with Gasteiger partial charge in [0.15, 0.2) is 0 Å². The van der Waals surface area contributed by atoms with Crippen LogP contribution in [-0.2, 0) is 4.79 Å².